The quantitative estimate of drug-likeness (QED) is 0.252. The molecule has 0 saturated heterocycles. The zero-order chi connectivity index (χ0) is 33.7. The second kappa shape index (κ2) is 14.1. The van der Waals surface area contributed by atoms with Crippen LogP contribution in [0.25, 0.3) is 0 Å². The molecule has 0 radical (unpaired) electrons. The average molecular weight is 633 g/mol. The fourth-order valence-corrected chi connectivity index (χ4v) is 4.90. The maximum absolute atomic E-state index is 13.5. The van der Waals surface area contributed by atoms with Gasteiger partial charge in [0.2, 0.25) is 0 Å². The van der Waals surface area contributed by atoms with Crippen molar-refractivity contribution in [3.63, 3.8) is 0 Å². The van der Waals surface area contributed by atoms with Gasteiger partial charge in [-0.2, -0.15) is 0 Å². The number of carbonyl (C=O) groups is 6. The Morgan fingerprint density at radius 1 is 0.522 bits per heavy atom. The van der Waals surface area contributed by atoms with Crippen molar-refractivity contribution in [2.45, 2.75) is 66.6 Å². The molecule has 0 unspecified atom stereocenters. The zero-order valence-corrected chi connectivity index (χ0v) is 26.1. The minimum Gasteiger partial charge on any atom is -0.454 e. The minimum absolute atomic E-state index is 0.00158. The molecule has 0 saturated carbocycles. The number of hydrogen-bond acceptors (Lipinski definition) is 12. The lowest BCUT2D eigenvalue weighted by molar-refractivity contribution is -0.133. The molecule has 0 heterocycles. The highest BCUT2D eigenvalue weighted by Gasteiger charge is 2.35. The van der Waals surface area contributed by atoms with Gasteiger partial charge in [0.15, 0.2) is 0 Å². The Balaban J connectivity index is 1.67. The van der Waals surface area contributed by atoms with Crippen molar-refractivity contribution < 1.29 is 57.2 Å². The van der Waals surface area contributed by atoms with Gasteiger partial charge in [-0.15, -0.1) is 0 Å². The van der Waals surface area contributed by atoms with Crippen LogP contribution in [0.4, 0.5) is 0 Å². The Bertz CT molecular complexity index is 1540. The molecule has 46 heavy (non-hydrogen) atoms. The van der Waals surface area contributed by atoms with E-state index in [0.29, 0.717) is 11.1 Å². The van der Waals surface area contributed by atoms with Crippen molar-refractivity contribution in [3.05, 3.63) is 81.9 Å². The van der Waals surface area contributed by atoms with Gasteiger partial charge in [-0.05, 0) is 49.2 Å². The van der Waals surface area contributed by atoms with Crippen molar-refractivity contribution >= 4 is 35.8 Å². The van der Waals surface area contributed by atoms with E-state index in [1.807, 2.05) is 24.3 Å². The van der Waals surface area contributed by atoms with Crippen LogP contribution in [0.5, 0.6) is 23.0 Å². The largest absolute Gasteiger partial charge is 0.454 e. The highest BCUT2D eigenvalue weighted by Crippen LogP contribution is 2.34. The van der Waals surface area contributed by atoms with E-state index >= 15 is 0 Å². The highest BCUT2D eigenvalue weighted by molar-refractivity contribution is 5.93. The van der Waals surface area contributed by atoms with Crippen LogP contribution in [-0.4, -0.2) is 48.0 Å². The number of carbonyl (C=O) groups excluding carboxylic acids is 6. The van der Waals surface area contributed by atoms with Gasteiger partial charge in [0.25, 0.3) is 0 Å². The van der Waals surface area contributed by atoms with Crippen LogP contribution in [-0.2, 0) is 41.5 Å². The molecule has 2 atom stereocenters. The molecule has 0 fully saturated rings. The SMILES string of the molecule is CC(=O)Oc1cc(C(=O)O[C@H]2Cc3ccccc3C[C@H]2OC(=O)c2cc(OC(C)=O)c(C)c(OC(C)=O)c2)cc(OC(C)=O)c1C. The summed E-state index contributed by atoms with van der Waals surface area (Å²) >= 11 is 0. The van der Waals surface area contributed by atoms with Crippen molar-refractivity contribution in [1.29, 1.82) is 0 Å². The first kappa shape index (κ1) is 33.4. The number of rotatable bonds is 8. The van der Waals surface area contributed by atoms with Gasteiger partial charge in [0.05, 0.1) is 11.1 Å². The third-order valence-corrected chi connectivity index (χ3v) is 7.00. The van der Waals surface area contributed by atoms with Crippen LogP contribution in [0, 0.1) is 13.8 Å². The Kier molecular flexibility index (Phi) is 10.2. The lowest BCUT2D eigenvalue weighted by Gasteiger charge is -2.32. The first-order valence-corrected chi connectivity index (χ1v) is 14.2. The summed E-state index contributed by atoms with van der Waals surface area (Å²) in [5.74, 6) is -4.29. The van der Waals surface area contributed by atoms with Gasteiger partial charge in [-0.3, -0.25) is 19.2 Å². The Labute approximate surface area is 264 Å². The van der Waals surface area contributed by atoms with E-state index in [1.165, 1.54) is 52.0 Å². The molecule has 0 bridgehead atoms. The maximum atomic E-state index is 13.5. The van der Waals surface area contributed by atoms with Gasteiger partial charge in [-0.1, -0.05) is 24.3 Å². The third-order valence-electron chi connectivity index (χ3n) is 7.00. The molecular formula is C34H32O12. The molecular weight excluding hydrogens is 600 g/mol. The molecule has 0 amide bonds. The molecule has 1 aliphatic carbocycles. The minimum atomic E-state index is -0.965. The predicted molar refractivity (Wildman–Crippen MR) is 160 cm³/mol. The predicted octanol–water partition coefficient (Wildman–Crippen LogP) is 4.55. The zero-order valence-electron chi connectivity index (χ0n) is 26.1. The first-order valence-electron chi connectivity index (χ1n) is 14.2. The van der Waals surface area contributed by atoms with Crippen molar-refractivity contribution in [2.75, 3.05) is 0 Å². The van der Waals surface area contributed by atoms with E-state index in [2.05, 4.69) is 0 Å². The fraction of sp³-hybridized carbons (Fsp3) is 0.294. The molecule has 240 valence electrons. The summed E-state index contributed by atoms with van der Waals surface area (Å²) in [7, 11) is 0. The summed E-state index contributed by atoms with van der Waals surface area (Å²) in [5.41, 5.74) is 2.25. The smallest absolute Gasteiger partial charge is 0.338 e. The van der Waals surface area contributed by atoms with Crippen LogP contribution in [0.2, 0.25) is 0 Å². The second-order valence-corrected chi connectivity index (χ2v) is 10.6. The maximum Gasteiger partial charge on any atom is 0.338 e. The van der Waals surface area contributed by atoms with Crippen molar-refractivity contribution in [3.8, 4) is 23.0 Å². The van der Waals surface area contributed by atoms with Gasteiger partial charge >= 0.3 is 35.8 Å². The summed E-state index contributed by atoms with van der Waals surface area (Å²) < 4.78 is 32.7. The van der Waals surface area contributed by atoms with E-state index in [9.17, 15) is 28.8 Å². The number of hydrogen-bond donors (Lipinski definition) is 0. The lowest BCUT2D eigenvalue weighted by atomic mass is 9.87. The van der Waals surface area contributed by atoms with E-state index in [0.717, 1.165) is 11.1 Å². The summed E-state index contributed by atoms with van der Waals surface area (Å²) in [6, 6.07) is 12.6. The molecule has 3 aromatic carbocycles. The van der Waals surface area contributed by atoms with Crippen LogP contribution < -0.4 is 18.9 Å². The van der Waals surface area contributed by atoms with Crippen LogP contribution in [0.3, 0.4) is 0 Å². The number of fused-ring (bicyclic) bond motifs is 1. The summed E-state index contributed by atoms with van der Waals surface area (Å²) in [4.78, 5) is 73.8. The van der Waals surface area contributed by atoms with E-state index in [1.54, 1.807) is 13.8 Å². The fourth-order valence-electron chi connectivity index (χ4n) is 4.90. The average Bonchev–Trinajstić information content (AvgIpc) is 2.96. The molecule has 1 aliphatic rings. The molecule has 12 heteroatoms. The van der Waals surface area contributed by atoms with E-state index in [-0.39, 0.29) is 47.0 Å². The van der Waals surface area contributed by atoms with E-state index < -0.39 is 48.0 Å². The molecule has 0 aromatic heterocycles. The summed E-state index contributed by atoms with van der Waals surface area (Å²) in [5, 5.41) is 0. The normalized spacial score (nSPS) is 15.1. The van der Waals surface area contributed by atoms with Crippen LogP contribution >= 0.6 is 0 Å². The van der Waals surface area contributed by atoms with Gasteiger partial charge in [0, 0.05) is 51.7 Å². The molecule has 0 N–H and O–H groups in total. The van der Waals surface area contributed by atoms with Crippen molar-refractivity contribution in [1.82, 2.24) is 0 Å². The number of ether oxygens (including phenoxy) is 6. The summed E-state index contributed by atoms with van der Waals surface area (Å²) in [6.45, 7) is 7.87. The molecule has 0 aliphatic heterocycles. The van der Waals surface area contributed by atoms with E-state index in [4.69, 9.17) is 28.4 Å². The first-order chi connectivity index (χ1) is 21.7. The standard InChI is InChI=1S/C34H32O12/c1-17-27(41-19(3)35)13-25(14-28(17)42-20(4)36)33(39)45-31-11-23-9-7-8-10-24(23)12-32(31)46-34(40)26-15-29(43-21(5)37)18(2)30(16-26)44-22(6)38/h7-10,13-16,31-32H,11-12H2,1-6H3/t31-,32+. The number of benzene rings is 3. The van der Waals surface area contributed by atoms with Crippen molar-refractivity contribution in [2.24, 2.45) is 0 Å². The number of esters is 6. The van der Waals surface area contributed by atoms with Gasteiger partial charge in [-0.25, -0.2) is 9.59 Å². The Morgan fingerprint density at radius 3 is 1.07 bits per heavy atom. The topological polar surface area (TPSA) is 158 Å². The molecule has 12 nitrogen and oxygen atoms in total. The summed E-state index contributed by atoms with van der Waals surface area (Å²) in [6.07, 6.45) is -1.53. The second-order valence-electron chi connectivity index (χ2n) is 10.6. The third kappa shape index (κ3) is 8.14. The monoisotopic (exact) mass is 632 g/mol. The Hall–Kier alpha value is -5.52. The molecule has 0 spiro atoms. The highest BCUT2D eigenvalue weighted by atomic mass is 16.6. The van der Waals surface area contributed by atoms with Crippen LogP contribution in [0.1, 0.15) is 70.7 Å². The van der Waals surface area contributed by atoms with Gasteiger partial charge in [0.1, 0.15) is 35.2 Å². The van der Waals surface area contributed by atoms with Gasteiger partial charge < -0.3 is 28.4 Å². The Morgan fingerprint density at radius 2 is 0.804 bits per heavy atom. The van der Waals surface area contributed by atoms with Crippen LogP contribution in [0.15, 0.2) is 48.5 Å². The lowest BCUT2D eigenvalue weighted by Crippen LogP contribution is -2.41. The molecule has 4 rings (SSSR count). The molecule has 3 aromatic rings.